The number of likely N-dealkylation sites (N-methyl/N-ethyl adjacent to an activating group) is 1. The summed E-state index contributed by atoms with van der Waals surface area (Å²) in [6, 6.07) is 4.80. The van der Waals surface area contributed by atoms with Crippen LogP contribution in [0.5, 0.6) is 5.75 Å². The summed E-state index contributed by atoms with van der Waals surface area (Å²) >= 11 is 0. The summed E-state index contributed by atoms with van der Waals surface area (Å²) in [5, 5.41) is 5.32. The number of anilines is 1. The molecule has 0 aromatic heterocycles. The van der Waals surface area contributed by atoms with Gasteiger partial charge in [0.25, 0.3) is 11.8 Å². The quantitative estimate of drug-likeness (QED) is 0.478. The Labute approximate surface area is 131 Å². The van der Waals surface area contributed by atoms with Gasteiger partial charge in [-0.3, -0.25) is 9.59 Å². The SMILES string of the molecule is CCCCCCNC(=O)c1ccc(N)c(OCC(=O)NC)c1. The summed E-state index contributed by atoms with van der Waals surface area (Å²) in [6.07, 6.45) is 4.42. The zero-order valence-electron chi connectivity index (χ0n) is 13.3. The van der Waals surface area contributed by atoms with Crippen molar-refractivity contribution in [1.82, 2.24) is 10.6 Å². The van der Waals surface area contributed by atoms with Gasteiger partial charge in [0.2, 0.25) is 0 Å². The van der Waals surface area contributed by atoms with Gasteiger partial charge in [-0.2, -0.15) is 0 Å². The van der Waals surface area contributed by atoms with Crippen molar-refractivity contribution in [2.45, 2.75) is 32.6 Å². The predicted molar refractivity (Wildman–Crippen MR) is 86.9 cm³/mol. The van der Waals surface area contributed by atoms with Gasteiger partial charge in [-0.05, 0) is 24.6 Å². The Morgan fingerprint density at radius 1 is 1.23 bits per heavy atom. The Balaban J connectivity index is 2.55. The molecule has 4 N–H and O–H groups in total. The van der Waals surface area contributed by atoms with Gasteiger partial charge in [0.05, 0.1) is 5.69 Å². The molecule has 0 atom stereocenters. The number of hydrogen-bond acceptors (Lipinski definition) is 4. The third kappa shape index (κ3) is 6.03. The molecule has 1 rings (SSSR count). The maximum Gasteiger partial charge on any atom is 0.257 e. The van der Waals surface area contributed by atoms with Crippen LogP contribution in [0.4, 0.5) is 5.69 Å². The van der Waals surface area contributed by atoms with Crippen molar-refractivity contribution >= 4 is 17.5 Å². The number of nitrogen functional groups attached to an aromatic ring is 1. The fourth-order valence-corrected chi connectivity index (χ4v) is 1.87. The van der Waals surface area contributed by atoms with E-state index in [0.717, 1.165) is 19.3 Å². The minimum absolute atomic E-state index is 0.136. The number of ether oxygens (including phenoxy) is 1. The van der Waals surface area contributed by atoms with Crippen LogP contribution in [0.3, 0.4) is 0 Å². The lowest BCUT2D eigenvalue weighted by atomic mass is 10.1. The first-order valence-corrected chi connectivity index (χ1v) is 7.59. The van der Waals surface area contributed by atoms with Gasteiger partial charge in [0.15, 0.2) is 6.61 Å². The average Bonchev–Trinajstić information content (AvgIpc) is 2.53. The fourth-order valence-electron chi connectivity index (χ4n) is 1.87. The van der Waals surface area contributed by atoms with E-state index < -0.39 is 0 Å². The number of rotatable bonds is 9. The topological polar surface area (TPSA) is 93.5 Å². The van der Waals surface area contributed by atoms with Crippen molar-refractivity contribution in [3.63, 3.8) is 0 Å². The van der Waals surface area contributed by atoms with E-state index in [-0.39, 0.29) is 18.4 Å². The van der Waals surface area contributed by atoms with E-state index in [4.69, 9.17) is 10.5 Å². The van der Waals surface area contributed by atoms with Crippen molar-refractivity contribution in [1.29, 1.82) is 0 Å². The maximum absolute atomic E-state index is 12.0. The molecule has 1 aromatic rings. The molecule has 6 nitrogen and oxygen atoms in total. The van der Waals surface area contributed by atoms with Crippen LogP contribution in [-0.4, -0.2) is 32.0 Å². The molecule has 0 saturated heterocycles. The molecule has 2 amide bonds. The van der Waals surface area contributed by atoms with Crippen LogP contribution in [0.1, 0.15) is 43.0 Å². The summed E-state index contributed by atoms with van der Waals surface area (Å²) in [5.74, 6) is -0.0892. The maximum atomic E-state index is 12.0. The average molecular weight is 307 g/mol. The smallest absolute Gasteiger partial charge is 0.257 e. The number of hydrogen-bond donors (Lipinski definition) is 3. The number of carbonyl (C=O) groups is 2. The molecule has 0 saturated carbocycles. The van der Waals surface area contributed by atoms with Gasteiger partial charge in [-0.1, -0.05) is 26.2 Å². The van der Waals surface area contributed by atoms with Gasteiger partial charge in [-0.25, -0.2) is 0 Å². The van der Waals surface area contributed by atoms with E-state index in [9.17, 15) is 9.59 Å². The molecular weight excluding hydrogens is 282 g/mol. The standard InChI is InChI=1S/C16H25N3O3/c1-3-4-5-6-9-19-16(21)12-7-8-13(17)14(10-12)22-11-15(20)18-2/h7-8,10H,3-6,9,11,17H2,1-2H3,(H,18,20)(H,19,21). The molecule has 0 unspecified atom stereocenters. The van der Waals surface area contributed by atoms with Crippen molar-refractivity contribution in [3.8, 4) is 5.75 Å². The van der Waals surface area contributed by atoms with Crippen molar-refractivity contribution in [3.05, 3.63) is 23.8 Å². The second-order valence-electron chi connectivity index (χ2n) is 5.03. The first-order valence-electron chi connectivity index (χ1n) is 7.59. The molecule has 0 bridgehead atoms. The first-order chi connectivity index (χ1) is 10.6. The summed E-state index contributed by atoms with van der Waals surface area (Å²) in [4.78, 5) is 23.2. The zero-order valence-corrected chi connectivity index (χ0v) is 13.3. The number of carbonyl (C=O) groups excluding carboxylic acids is 2. The van der Waals surface area contributed by atoms with E-state index >= 15 is 0 Å². The Kier molecular flexibility index (Phi) is 7.81. The Bertz CT molecular complexity index is 503. The van der Waals surface area contributed by atoms with Gasteiger partial charge < -0.3 is 21.1 Å². The summed E-state index contributed by atoms with van der Waals surface area (Å²) in [5.41, 5.74) is 6.64. The molecule has 0 aliphatic heterocycles. The lowest BCUT2D eigenvalue weighted by Crippen LogP contribution is -2.26. The van der Waals surface area contributed by atoms with Gasteiger partial charge in [0, 0.05) is 19.2 Å². The van der Waals surface area contributed by atoms with Crippen LogP contribution < -0.4 is 21.1 Å². The lowest BCUT2D eigenvalue weighted by Gasteiger charge is -2.10. The third-order valence-electron chi connectivity index (χ3n) is 3.23. The third-order valence-corrected chi connectivity index (χ3v) is 3.23. The minimum atomic E-state index is -0.259. The van der Waals surface area contributed by atoms with E-state index in [2.05, 4.69) is 17.6 Å². The molecule has 0 aliphatic carbocycles. The van der Waals surface area contributed by atoms with Gasteiger partial charge >= 0.3 is 0 Å². The van der Waals surface area contributed by atoms with Crippen molar-refractivity contribution in [2.75, 3.05) is 25.9 Å². The fraction of sp³-hybridized carbons (Fsp3) is 0.500. The second kappa shape index (κ2) is 9.65. The van der Waals surface area contributed by atoms with Crippen LogP contribution in [0.2, 0.25) is 0 Å². The van der Waals surface area contributed by atoms with Crippen LogP contribution in [0.25, 0.3) is 0 Å². The second-order valence-corrected chi connectivity index (χ2v) is 5.03. The van der Waals surface area contributed by atoms with Gasteiger partial charge in [-0.15, -0.1) is 0 Å². The lowest BCUT2D eigenvalue weighted by molar-refractivity contribution is -0.122. The van der Waals surface area contributed by atoms with E-state index in [1.54, 1.807) is 18.2 Å². The Morgan fingerprint density at radius 2 is 2.00 bits per heavy atom. The van der Waals surface area contributed by atoms with E-state index in [0.29, 0.717) is 23.5 Å². The molecule has 6 heteroatoms. The highest BCUT2D eigenvalue weighted by Crippen LogP contribution is 2.22. The highest BCUT2D eigenvalue weighted by atomic mass is 16.5. The zero-order chi connectivity index (χ0) is 16.4. The van der Waals surface area contributed by atoms with Gasteiger partial charge in [0.1, 0.15) is 5.75 Å². The first kappa shape index (κ1) is 17.8. The van der Waals surface area contributed by atoms with Crippen LogP contribution in [-0.2, 0) is 4.79 Å². The number of amides is 2. The Hall–Kier alpha value is -2.24. The summed E-state index contributed by atoms with van der Waals surface area (Å²) in [6.45, 7) is 2.66. The molecular formula is C16H25N3O3. The highest BCUT2D eigenvalue weighted by Gasteiger charge is 2.10. The van der Waals surface area contributed by atoms with Crippen LogP contribution in [0.15, 0.2) is 18.2 Å². The summed E-state index contributed by atoms with van der Waals surface area (Å²) < 4.78 is 5.32. The molecule has 0 heterocycles. The van der Waals surface area contributed by atoms with Crippen LogP contribution >= 0.6 is 0 Å². The highest BCUT2D eigenvalue weighted by molar-refractivity contribution is 5.95. The predicted octanol–water partition coefficient (Wildman–Crippen LogP) is 1.70. The molecule has 0 radical (unpaired) electrons. The number of nitrogens with two attached hydrogens (primary N) is 1. The molecule has 0 fully saturated rings. The molecule has 122 valence electrons. The van der Waals surface area contributed by atoms with Crippen LogP contribution in [0, 0.1) is 0 Å². The number of benzene rings is 1. The normalized spacial score (nSPS) is 10.1. The number of nitrogens with one attached hydrogen (secondary N) is 2. The minimum Gasteiger partial charge on any atom is -0.482 e. The largest absolute Gasteiger partial charge is 0.482 e. The Morgan fingerprint density at radius 3 is 2.68 bits per heavy atom. The van der Waals surface area contributed by atoms with E-state index in [1.165, 1.54) is 13.5 Å². The molecule has 0 spiro atoms. The molecule has 0 aliphatic rings. The monoisotopic (exact) mass is 307 g/mol. The summed E-state index contributed by atoms with van der Waals surface area (Å²) in [7, 11) is 1.53. The van der Waals surface area contributed by atoms with Crippen molar-refractivity contribution < 1.29 is 14.3 Å². The number of unbranched alkanes of at least 4 members (excludes halogenated alkanes) is 3. The van der Waals surface area contributed by atoms with Crippen molar-refractivity contribution in [2.24, 2.45) is 0 Å². The molecule has 1 aromatic carbocycles. The van der Waals surface area contributed by atoms with E-state index in [1.807, 2.05) is 0 Å². The molecule has 22 heavy (non-hydrogen) atoms.